The van der Waals surface area contributed by atoms with Crippen LogP contribution < -0.4 is 10.2 Å². The summed E-state index contributed by atoms with van der Waals surface area (Å²) in [7, 11) is 0. The molecule has 0 unspecified atom stereocenters. The second-order valence-electron chi connectivity index (χ2n) is 4.31. The van der Waals surface area contributed by atoms with Crippen LogP contribution in [-0.4, -0.2) is 35.6 Å². The SMILES string of the molecule is CCCN(c1nc(C)cc(C#N)n1)C1CNC1. The number of nitrogens with zero attached hydrogens (tertiary/aromatic N) is 4. The van der Waals surface area contributed by atoms with Crippen LogP contribution in [0.3, 0.4) is 0 Å². The Hall–Kier alpha value is -1.67. The standard InChI is InChI=1S/C12H17N5/c1-3-4-17(11-7-14-8-11)12-15-9(2)5-10(6-13)16-12/h5,11,14H,3-4,7-8H2,1-2H3. The van der Waals surface area contributed by atoms with Gasteiger partial charge in [-0.2, -0.15) is 5.26 Å². The van der Waals surface area contributed by atoms with Crippen LogP contribution in [0.4, 0.5) is 5.95 Å². The summed E-state index contributed by atoms with van der Waals surface area (Å²) in [4.78, 5) is 10.9. The van der Waals surface area contributed by atoms with Gasteiger partial charge in [-0.25, -0.2) is 9.97 Å². The Morgan fingerprint density at radius 2 is 2.29 bits per heavy atom. The summed E-state index contributed by atoms with van der Waals surface area (Å²) in [6.45, 7) is 6.91. The number of hydrogen-bond donors (Lipinski definition) is 1. The molecule has 1 aromatic heterocycles. The molecule has 0 amide bonds. The zero-order valence-electron chi connectivity index (χ0n) is 10.3. The van der Waals surface area contributed by atoms with Gasteiger partial charge in [0.2, 0.25) is 5.95 Å². The first-order chi connectivity index (χ1) is 8.24. The topological polar surface area (TPSA) is 64.8 Å². The summed E-state index contributed by atoms with van der Waals surface area (Å²) < 4.78 is 0. The molecule has 0 radical (unpaired) electrons. The normalized spacial score (nSPS) is 15.1. The second kappa shape index (κ2) is 5.11. The van der Waals surface area contributed by atoms with E-state index in [0.29, 0.717) is 17.7 Å². The van der Waals surface area contributed by atoms with Crippen molar-refractivity contribution in [1.29, 1.82) is 5.26 Å². The summed E-state index contributed by atoms with van der Waals surface area (Å²) in [5.74, 6) is 0.690. The lowest BCUT2D eigenvalue weighted by molar-refractivity contribution is 0.407. The van der Waals surface area contributed by atoms with E-state index in [2.05, 4.69) is 33.2 Å². The van der Waals surface area contributed by atoms with Crippen molar-refractivity contribution in [3.8, 4) is 6.07 Å². The van der Waals surface area contributed by atoms with Crippen molar-refractivity contribution in [2.45, 2.75) is 26.3 Å². The van der Waals surface area contributed by atoms with Crippen LogP contribution in [0.1, 0.15) is 24.7 Å². The molecule has 0 aliphatic carbocycles. The minimum absolute atomic E-state index is 0.445. The van der Waals surface area contributed by atoms with E-state index in [1.54, 1.807) is 6.07 Å². The largest absolute Gasteiger partial charge is 0.335 e. The molecule has 2 heterocycles. The zero-order chi connectivity index (χ0) is 12.3. The van der Waals surface area contributed by atoms with Crippen molar-refractivity contribution < 1.29 is 0 Å². The average Bonchev–Trinajstić information content (AvgIpc) is 2.25. The van der Waals surface area contributed by atoms with Crippen molar-refractivity contribution in [2.24, 2.45) is 0 Å². The molecule has 0 spiro atoms. The molecule has 0 aromatic carbocycles. The number of nitriles is 1. The summed E-state index contributed by atoms with van der Waals surface area (Å²) in [6.07, 6.45) is 1.05. The fourth-order valence-corrected chi connectivity index (χ4v) is 1.92. The first-order valence-electron chi connectivity index (χ1n) is 5.97. The highest BCUT2D eigenvalue weighted by Gasteiger charge is 2.26. The molecule has 0 saturated carbocycles. The van der Waals surface area contributed by atoms with Crippen LogP contribution in [-0.2, 0) is 0 Å². The van der Waals surface area contributed by atoms with Gasteiger partial charge in [-0.15, -0.1) is 0 Å². The van der Waals surface area contributed by atoms with Gasteiger partial charge >= 0.3 is 0 Å². The molecule has 0 atom stereocenters. The number of nitrogens with one attached hydrogen (secondary N) is 1. The van der Waals surface area contributed by atoms with Crippen molar-refractivity contribution in [3.05, 3.63) is 17.5 Å². The summed E-state index contributed by atoms with van der Waals surface area (Å²) in [5.41, 5.74) is 1.29. The number of aryl methyl sites for hydroxylation is 1. The third-order valence-electron chi connectivity index (χ3n) is 2.88. The predicted molar refractivity (Wildman–Crippen MR) is 65.8 cm³/mol. The average molecular weight is 231 g/mol. The van der Waals surface area contributed by atoms with Gasteiger partial charge in [-0.1, -0.05) is 6.92 Å². The van der Waals surface area contributed by atoms with E-state index >= 15 is 0 Å². The molecule has 1 aliphatic heterocycles. The maximum absolute atomic E-state index is 8.94. The summed E-state index contributed by atoms with van der Waals surface area (Å²) in [6, 6.07) is 4.26. The van der Waals surface area contributed by atoms with E-state index in [1.807, 2.05) is 6.92 Å². The van der Waals surface area contributed by atoms with E-state index in [1.165, 1.54) is 0 Å². The number of anilines is 1. The molecule has 1 aromatic rings. The minimum Gasteiger partial charge on any atom is -0.335 e. The van der Waals surface area contributed by atoms with Gasteiger partial charge < -0.3 is 10.2 Å². The van der Waals surface area contributed by atoms with Gasteiger partial charge in [0.05, 0.1) is 6.04 Å². The Bertz CT molecular complexity index is 433. The monoisotopic (exact) mass is 231 g/mol. The highest BCUT2D eigenvalue weighted by molar-refractivity contribution is 5.38. The molecule has 1 aliphatic rings. The maximum atomic E-state index is 8.94. The van der Waals surface area contributed by atoms with E-state index < -0.39 is 0 Å². The lowest BCUT2D eigenvalue weighted by Crippen LogP contribution is -2.58. The first kappa shape index (κ1) is 11.8. The Morgan fingerprint density at radius 1 is 1.53 bits per heavy atom. The van der Waals surface area contributed by atoms with Crippen LogP contribution in [0.15, 0.2) is 6.07 Å². The first-order valence-corrected chi connectivity index (χ1v) is 5.97. The van der Waals surface area contributed by atoms with Gasteiger partial charge in [0.25, 0.3) is 0 Å². The van der Waals surface area contributed by atoms with Gasteiger partial charge in [0.1, 0.15) is 11.8 Å². The van der Waals surface area contributed by atoms with E-state index in [-0.39, 0.29) is 0 Å². The summed E-state index contributed by atoms with van der Waals surface area (Å²) in [5, 5.41) is 12.2. The fourth-order valence-electron chi connectivity index (χ4n) is 1.92. The van der Waals surface area contributed by atoms with E-state index in [0.717, 1.165) is 31.7 Å². The van der Waals surface area contributed by atoms with Gasteiger partial charge in [0, 0.05) is 25.3 Å². The van der Waals surface area contributed by atoms with Crippen LogP contribution in [0.2, 0.25) is 0 Å². The summed E-state index contributed by atoms with van der Waals surface area (Å²) >= 11 is 0. The molecule has 2 rings (SSSR count). The maximum Gasteiger partial charge on any atom is 0.227 e. The van der Waals surface area contributed by atoms with E-state index in [9.17, 15) is 0 Å². The van der Waals surface area contributed by atoms with Crippen LogP contribution in [0, 0.1) is 18.3 Å². The quantitative estimate of drug-likeness (QED) is 0.832. The molecule has 5 heteroatoms. The Balaban J connectivity index is 2.28. The predicted octanol–water partition coefficient (Wildman–Crippen LogP) is 0.845. The number of rotatable bonds is 4. The van der Waals surface area contributed by atoms with Crippen molar-refractivity contribution >= 4 is 5.95 Å². The lowest BCUT2D eigenvalue weighted by Gasteiger charge is -2.38. The molecule has 90 valence electrons. The number of hydrogen-bond acceptors (Lipinski definition) is 5. The highest BCUT2D eigenvalue weighted by atomic mass is 15.3. The number of aromatic nitrogens is 2. The molecular formula is C12H17N5. The third-order valence-corrected chi connectivity index (χ3v) is 2.88. The molecule has 5 nitrogen and oxygen atoms in total. The van der Waals surface area contributed by atoms with Gasteiger partial charge in [-0.3, -0.25) is 0 Å². The van der Waals surface area contributed by atoms with Crippen molar-refractivity contribution in [3.63, 3.8) is 0 Å². The van der Waals surface area contributed by atoms with Gasteiger partial charge in [0.15, 0.2) is 0 Å². The second-order valence-corrected chi connectivity index (χ2v) is 4.31. The van der Waals surface area contributed by atoms with Crippen molar-refractivity contribution in [1.82, 2.24) is 15.3 Å². The van der Waals surface area contributed by atoms with Crippen molar-refractivity contribution in [2.75, 3.05) is 24.5 Å². The van der Waals surface area contributed by atoms with E-state index in [4.69, 9.17) is 5.26 Å². The molecule has 1 N–H and O–H groups in total. The molecule has 17 heavy (non-hydrogen) atoms. The fraction of sp³-hybridized carbons (Fsp3) is 0.583. The Morgan fingerprint density at radius 3 is 2.82 bits per heavy atom. The highest BCUT2D eigenvalue weighted by Crippen LogP contribution is 2.16. The smallest absolute Gasteiger partial charge is 0.227 e. The van der Waals surface area contributed by atoms with Crippen LogP contribution in [0.5, 0.6) is 0 Å². The Labute approximate surface area is 101 Å². The van der Waals surface area contributed by atoms with Crippen LogP contribution in [0.25, 0.3) is 0 Å². The lowest BCUT2D eigenvalue weighted by atomic mass is 10.1. The molecule has 1 fully saturated rings. The zero-order valence-corrected chi connectivity index (χ0v) is 10.3. The molecule has 0 bridgehead atoms. The van der Waals surface area contributed by atoms with Crippen LogP contribution >= 0.6 is 0 Å². The third kappa shape index (κ3) is 2.53. The minimum atomic E-state index is 0.445. The van der Waals surface area contributed by atoms with Gasteiger partial charge in [-0.05, 0) is 19.4 Å². The Kier molecular flexibility index (Phi) is 3.55. The molecular weight excluding hydrogens is 214 g/mol. The molecule has 1 saturated heterocycles.